The summed E-state index contributed by atoms with van der Waals surface area (Å²) < 4.78 is 0. The van der Waals surface area contributed by atoms with Crippen molar-refractivity contribution in [2.45, 2.75) is 26.0 Å². The minimum absolute atomic E-state index is 0.200. The molecular weight excluding hydrogens is 334 g/mol. The molecule has 6 nitrogen and oxygen atoms in total. The summed E-state index contributed by atoms with van der Waals surface area (Å²) in [6.45, 7) is 5.55. The molecule has 1 amide bonds. The van der Waals surface area contributed by atoms with Crippen LogP contribution in [0.1, 0.15) is 20.8 Å². The summed E-state index contributed by atoms with van der Waals surface area (Å²) in [6, 6.07) is 3.59. The molecule has 0 aromatic carbocycles. The van der Waals surface area contributed by atoms with Gasteiger partial charge >= 0.3 is 0 Å². The van der Waals surface area contributed by atoms with E-state index in [4.69, 9.17) is 22.4 Å². The molecule has 1 atom stereocenters. The van der Waals surface area contributed by atoms with Crippen molar-refractivity contribution in [1.82, 2.24) is 9.88 Å². The predicted molar refractivity (Wildman–Crippen MR) is 97.4 cm³/mol. The van der Waals surface area contributed by atoms with Gasteiger partial charge in [0, 0.05) is 18.9 Å². The van der Waals surface area contributed by atoms with Gasteiger partial charge in [-0.15, -0.1) is 0 Å². The highest BCUT2D eigenvalue weighted by atomic mass is 35.5. The van der Waals surface area contributed by atoms with Crippen LogP contribution in [0, 0.1) is 10.8 Å². The number of nitrogens with one attached hydrogen (secondary N) is 3. The quantitative estimate of drug-likeness (QED) is 0.516. The molecule has 0 radical (unpaired) electrons. The molecule has 23 heavy (non-hydrogen) atoms. The Bertz CT molecular complexity index is 605. The molecule has 1 aromatic heterocycles. The summed E-state index contributed by atoms with van der Waals surface area (Å²) >= 11 is 7.03. The van der Waals surface area contributed by atoms with Gasteiger partial charge in [-0.05, 0) is 32.9 Å². The van der Waals surface area contributed by atoms with Crippen molar-refractivity contribution in [3.63, 3.8) is 0 Å². The maximum absolute atomic E-state index is 12.5. The van der Waals surface area contributed by atoms with Crippen LogP contribution in [0.3, 0.4) is 0 Å². The third-order valence-electron chi connectivity index (χ3n) is 2.84. The standard InChI is InChI=1S/C15H20ClN5OS/c1-4-21(15(22)10(2)23-11(3)17)13(14(16)18)9-20-12-6-5-7-19-8-12/h5-10,17-18,20H,4H2,1-3H3/b13-9+,17-11?,18-14?. The van der Waals surface area contributed by atoms with Crippen molar-refractivity contribution in [2.75, 3.05) is 11.9 Å². The third-order valence-corrected chi connectivity index (χ3v) is 3.94. The fourth-order valence-electron chi connectivity index (χ4n) is 1.84. The molecule has 0 saturated heterocycles. The number of carbonyl (C=O) groups excluding carboxylic acids is 1. The topological polar surface area (TPSA) is 92.9 Å². The molecule has 0 bridgehead atoms. The van der Waals surface area contributed by atoms with Crippen molar-refractivity contribution >= 4 is 45.2 Å². The average molecular weight is 354 g/mol. The Morgan fingerprint density at radius 3 is 2.74 bits per heavy atom. The number of aromatic nitrogens is 1. The number of halogens is 1. The van der Waals surface area contributed by atoms with Crippen LogP contribution in [0.5, 0.6) is 0 Å². The second-order valence-electron chi connectivity index (χ2n) is 4.63. The first-order valence-electron chi connectivity index (χ1n) is 7.01. The molecule has 0 spiro atoms. The zero-order valence-electron chi connectivity index (χ0n) is 13.3. The van der Waals surface area contributed by atoms with Gasteiger partial charge < -0.3 is 10.2 Å². The Kier molecular flexibility index (Phi) is 7.77. The zero-order valence-corrected chi connectivity index (χ0v) is 14.8. The Morgan fingerprint density at radius 2 is 2.26 bits per heavy atom. The SMILES string of the molecule is CCN(C(=O)C(C)SC(C)=N)/C(=C/Nc1cccnc1)C(=N)Cl. The summed E-state index contributed by atoms with van der Waals surface area (Å²) in [4.78, 5) is 18.0. The summed E-state index contributed by atoms with van der Waals surface area (Å²) in [5, 5.41) is 17.9. The highest BCUT2D eigenvalue weighted by Gasteiger charge is 2.25. The molecule has 3 N–H and O–H groups in total. The monoisotopic (exact) mass is 353 g/mol. The molecule has 1 aromatic rings. The smallest absolute Gasteiger partial charge is 0.240 e. The van der Waals surface area contributed by atoms with E-state index in [-0.39, 0.29) is 16.8 Å². The van der Waals surface area contributed by atoms with Crippen molar-refractivity contribution in [2.24, 2.45) is 0 Å². The highest BCUT2D eigenvalue weighted by Crippen LogP contribution is 2.19. The minimum Gasteiger partial charge on any atom is -0.358 e. The maximum Gasteiger partial charge on any atom is 0.240 e. The lowest BCUT2D eigenvalue weighted by Gasteiger charge is -2.25. The lowest BCUT2D eigenvalue weighted by Crippen LogP contribution is -2.38. The third kappa shape index (κ3) is 6.03. The molecule has 1 heterocycles. The number of anilines is 1. The largest absolute Gasteiger partial charge is 0.358 e. The van der Waals surface area contributed by atoms with E-state index in [2.05, 4.69) is 10.3 Å². The number of thioether (sulfide) groups is 1. The molecular formula is C15H20ClN5OS. The first-order chi connectivity index (χ1) is 10.9. The van der Waals surface area contributed by atoms with Gasteiger partial charge in [-0.1, -0.05) is 23.4 Å². The zero-order chi connectivity index (χ0) is 17.4. The van der Waals surface area contributed by atoms with Gasteiger partial charge in [0.15, 0.2) is 0 Å². The van der Waals surface area contributed by atoms with Gasteiger partial charge in [0.05, 0.1) is 27.9 Å². The lowest BCUT2D eigenvalue weighted by molar-refractivity contribution is -0.127. The number of allylic oxidation sites excluding steroid dienone is 1. The Balaban J connectivity index is 2.98. The van der Waals surface area contributed by atoms with Crippen LogP contribution >= 0.6 is 23.4 Å². The van der Waals surface area contributed by atoms with E-state index in [1.807, 2.05) is 13.0 Å². The van der Waals surface area contributed by atoms with Crippen LogP contribution in [0.2, 0.25) is 0 Å². The summed E-state index contributed by atoms with van der Waals surface area (Å²) in [5.41, 5.74) is 1.00. The Hall–Kier alpha value is -1.86. The molecule has 124 valence electrons. The Labute approximate surface area is 145 Å². The summed E-state index contributed by atoms with van der Waals surface area (Å²) in [7, 11) is 0. The van der Waals surface area contributed by atoms with Gasteiger partial charge in [0.2, 0.25) is 5.91 Å². The Morgan fingerprint density at radius 1 is 1.57 bits per heavy atom. The van der Waals surface area contributed by atoms with E-state index < -0.39 is 5.25 Å². The van der Waals surface area contributed by atoms with E-state index in [0.29, 0.717) is 11.6 Å². The van der Waals surface area contributed by atoms with E-state index in [1.165, 1.54) is 22.9 Å². The molecule has 1 rings (SSSR count). The lowest BCUT2D eigenvalue weighted by atomic mass is 10.3. The molecule has 0 aliphatic carbocycles. The molecule has 0 aliphatic rings. The minimum atomic E-state index is -0.426. The number of pyridine rings is 1. The molecule has 1 unspecified atom stereocenters. The van der Waals surface area contributed by atoms with Crippen LogP contribution in [0.4, 0.5) is 5.69 Å². The van der Waals surface area contributed by atoms with Crippen molar-refractivity contribution in [1.29, 1.82) is 10.8 Å². The van der Waals surface area contributed by atoms with Gasteiger partial charge in [0.1, 0.15) is 5.17 Å². The van der Waals surface area contributed by atoms with E-state index in [1.54, 1.807) is 32.3 Å². The van der Waals surface area contributed by atoms with Gasteiger partial charge in [-0.2, -0.15) is 0 Å². The number of amides is 1. The van der Waals surface area contributed by atoms with Crippen molar-refractivity contribution in [3.8, 4) is 0 Å². The second kappa shape index (κ2) is 9.32. The molecule has 8 heteroatoms. The van der Waals surface area contributed by atoms with Crippen LogP contribution in [-0.2, 0) is 4.79 Å². The van der Waals surface area contributed by atoms with Gasteiger partial charge in [-0.25, -0.2) is 0 Å². The summed E-state index contributed by atoms with van der Waals surface area (Å²) in [5.74, 6) is -0.200. The van der Waals surface area contributed by atoms with Gasteiger partial charge in [-0.3, -0.25) is 20.6 Å². The van der Waals surface area contributed by atoms with Crippen LogP contribution in [0.15, 0.2) is 36.4 Å². The molecule has 0 fully saturated rings. The highest BCUT2D eigenvalue weighted by molar-refractivity contribution is 8.14. The number of nitrogens with zero attached hydrogens (tertiary/aromatic N) is 2. The first-order valence-corrected chi connectivity index (χ1v) is 8.26. The van der Waals surface area contributed by atoms with E-state index in [9.17, 15) is 4.79 Å². The van der Waals surface area contributed by atoms with Gasteiger partial charge in [0.25, 0.3) is 0 Å². The molecule has 0 aliphatic heterocycles. The molecule has 0 saturated carbocycles. The van der Waals surface area contributed by atoms with Crippen molar-refractivity contribution in [3.05, 3.63) is 36.4 Å². The fourth-order valence-corrected chi connectivity index (χ4v) is 2.75. The number of hydrogen-bond donors (Lipinski definition) is 3. The van der Waals surface area contributed by atoms with E-state index >= 15 is 0 Å². The number of carbonyl (C=O) groups is 1. The van der Waals surface area contributed by atoms with Crippen LogP contribution in [0.25, 0.3) is 0 Å². The maximum atomic E-state index is 12.5. The number of hydrogen-bond acceptors (Lipinski definition) is 6. The average Bonchev–Trinajstić information content (AvgIpc) is 2.50. The normalized spacial score (nSPS) is 12.4. The van der Waals surface area contributed by atoms with Crippen LogP contribution in [-0.4, -0.2) is 37.8 Å². The predicted octanol–water partition coefficient (Wildman–Crippen LogP) is 3.52. The number of rotatable bonds is 7. The fraction of sp³-hybridized carbons (Fsp3) is 0.333. The second-order valence-corrected chi connectivity index (χ2v) is 6.56. The summed E-state index contributed by atoms with van der Waals surface area (Å²) in [6.07, 6.45) is 4.79. The van der Waals surface area contributed by atoms with E-state index in [0.717, 1.165) is 5.69 Å². The first kappa shape index (κ1) is 19.2. The van der Waals surface area contributed by atoms with Crippen LogP contribution < -0.4 is 5.32 Å². The van der Waals surface area contributed by atoms with Crippen molar-refractivity contribution < 1.29 is 4.79 Å².